The molecule has 6 heteroatoms. The second kappa shape index (κ2) is 6.90. The fraction of sp³-hybridized carbons (Fsp3) is 0.267. The van der Waals surface area contributed by atoms with E-state index in [2.05, 4.69) is 5.32 Å². The van der Waals surface area contributed by atoms with E-state index in [-0.39, 0.29) is 11.6 Å². The molecule has 0 bridgehead atoms. The summed E-state index contributed by atoms with van der Waals surface area (Å²) in [5, 5.41) is 2.69. The van der Waals surface area contributed by atoms with Crippen molar-refractivity contribution in [3.8, 4) is 0 Å². The Bertz CT molecular complexity index is 599. The number of hydrogen-bond acceptors (Lipinski definition) is 4. The third-order valence-corrected chi connectivity index (χ3v) is 3.03. The van der Waals surface area contributed by atoms with E-state index >= 15 is 0 Å². The first-order valence-electron chi connectivity index (χ1n) is 6.59. The van der Waals surface area contributed by atoms with Gasteiger partial charge in [-0.15, -0.1) is 0 Å². The smallest absolute Gasteiger partial charge is 0.225 e. The van der Waals surface area contributed by atoms with Gasteiger partial charge in [-0.05, 0) is 31.3 Å². The number of hydrogen-bond donors (Lipinski definition) is 2. The molecule has 1 aromatic heterocycles. The Kier molecular flexibility index (Phi) is 4.94. The van der Waals surface area contributed by atoms with Crippen LogP contribution in [-0.4, -0.2) is 24.4 Å². The molecule has 0 spiro atoms. The monoisotopic (exact) mass is 291 g/mol. The summed E-state index contributed by atoms with van der Waals surface area (Å²) in [6.45, 7) is 1.32. The van der Waals surface area contributed by atoms with E-state index in [1.807, 2.05) is 18.0 Å². The fourth-order valence-corrected chi connectivity index (χ4v) is 1.91. The van der Waals surface area contributed by atoms with E-state index in [0.29, 0.717) is 25.2 Å². The number of rotatable bonds is 6. The van der Waals surface area contributed by atoms with Crippen molar-refractivity contribution in [3.05, 3.63) is 48.2 Å². The molecule has 112 valence electrons. The molecule has 0 unspecified atom stereocenters. The molecule has 2 rings (SSSR count). The highest BCUT2D eigenvalue weighted by Crippen LogP contribution is 2.16. The van der Waals surface area contributed by atoms with Crippen molar-refractivity contribution in [3.63, 3.8) is 0 Å². The molecule has 0 saturated carbocycles. The van der Waals surface area contributed by atoms with Crippen molar-refractivity contribution in [1.29, 1.82) is 0 Å². The molecule has 0 aliphatic heterocycles. The number of carbonyl (C=O) groups is 1. The summed E-state index contributed by atoms with van der Waals surface area (Å²) in [6, 6.07) is 6.01. The van der Waals surface area contributed by atoms with E-state index in [9.17, 15) is 9.18 Å². The van der Waals surface area contributed by atoms with Crippen LogP contribution in [0.3, 0.4) is 0 Å². The number of nitrogens with two attached hydrogens (primary N) is 1. The lowest BCUT2D eigenvalue weighted by Crippen LogP contribution is -2.23. The third kappa shape index (κ3) is 4.61. The lowest BCUT2D eigenvalue weighted by molar-refractivity contribution is -0.116. The van der Waals surface area contributed by atoms with Crippen LogP contribution in [0.2, 0.25) is 0 Å². The first-order valence-corrected chi connectivity index (χ1v) is 6.59. The molecule has 1 amide bonds. The molecule has 0 aliphatic carbocycles. The molecule has 21 heavy (non-hydrogen) atoms. The SMILES string of the molecule is CN(CCC(=O)Nc1ccc(F)c(N)c1)Cc1ccoc1. The zero-order valence-corrected chi connectivity index (χ0v) is 11.8. The summed E-state index contributed by atoms with van der Waals surface area (Å²) in [7, 11) is 1.93. The Hall–Kier alpha value is -2.34. The van der Waals surface area contributed by atoms with E-state index < -0.39 is 5.82 Å². The minimum absolute atomic E-state index is 0.0184. The molecule has 0 radical (unpaired) electrons. The highest BCUT2D eigenvalue weighted by atomic mass is 19.1. The number of furan rings is 1. The number of nitrogens with one attached hydrogen (secondary N) is 1. The molecular weight excluding hydrogens is 273 g/mol. The van der Waals surface area contributed by atoms with Crippen LogP contribution in [0.25, 0.3) is 0 Å². The number of carbonyl (C=O) groups excluding carboxylic acids is 1. The molecule has 0 fully saturated rings. The summed E-state index contributed by atoms with van der Waals surface area (Å²) in [4.78, 5) is 13.8. The second-order valence-corrected chi connectivity index (χ2v) is 4.90. The van der Waals surface area contributed by atoms with E-state index in [1.54, 1.807) is 12.5 Å². The molecule has 0 saturated heterocycles. The third-order valence-electron chi connectivity index (χ3n) is 3.03. The van der Waals surface area contributed by atoms with Crippen molar-refractivity contribution >= 4 is 17.3 Å². The van der Waals surface area contributed by atoms with Crippen molar-refractivity contribution < 1.29 is 13.6 Å². The zero-order chi connectivity index (χ0) is 15.2. The van der Waals surface area contributed by atoms with Crippen LogP contribution in [0.1, 0.15) is 12.0 Å². The van der Waals surface area contributed by atoms with Crippen molar-refractivity contribution in [2.75, 3.05) is 24.6 Å². The van der Waals surface area contributed by atoms with Crippen LogP contribution in [0.5, 0.6) is 0 Å². The summed E-state index contributed by atoms with van der Waals surface area (Å²) >= 11 is 0. The van der Waals surface area contributed by atoms with E-state index in [0.717, 1.165) is 5.56 Å². The summed E-state index contributed by atoms with van der Waals surface area (Å²) in [5.41, 5.74) is 7.03. The van der Waals surface area contributed by atoms with Gasteiger partial charge in [-0.2, -0.15) is 0 Å². The number of anilines is 2. The van der Waals surface area contributed by atoms with Crippen LogP contribution in [0.15, 0.2) is 41.2 Å². The Labute approximate surface area is 122 Å². The number of benzene rings is 1. The zero-order valence-electron chi connectivity index (χ0n) is 11.8. The van der Waals surface area contributed by atoms with E-state index in [1.165, 1.54) is 18.2 Å². The predicted molar refractivity (Wildman–Crippen MR) is 79.1 cm³/mol. The Morgan fingerprint density at radius 3 is 2.90 bits per heavy atom. The van der Waals surface area contributed by atoms with Crippen LogP contribution in [0, 0.1) is 5.82 Å². The maximum absolute atomic E-state index is 13.0. The van der Waals surface area contributed by atoms with Gasteiger partial charge in [0.1, 0.15) is 5.82 Å². The largest absolute Gasteiger partial charge is 0.472 e. The predicted octanol–water partition coefficient (Wildman–Crippen LogP) is 2.46. The normalized spacial score (nSPS) is 10.8. The fourth-order valence-electron chi connectivity index (χ4n) is 1.91. The molecule has 3 N–H and O–H groups in total. The summed E-state index contributed by atoms with van der Waals surface area (Å²) in [5.74, 6) is -0.632. The van der Waals surface area contributed by atoms with Gasteiger partial charge in [-0.25, -0.2) is 4.39 Å². The van der Waals surface area contributed by atoms with Gasteiger partial charge in [-0.3, -0.25) is 4.79 Å². The van der Waals surface area contributed by atoms with Crippen LogP contribution >= 0.6 is 0 Å². The minimum Gasteiger partial charge on any atom is -0.472 e. The van der Waals surface area contributed by atoms with Gasteiger partial charge in [0.15, 0.2) is 0 Å². The van der Waals surface area contributed by atoms with Gasteiger partial charge >= 0.3 is 0 Å². The Balaban J connectivity index is 1.77. The first kappa shape index (κ1) is 15.1. The van der Waals surface area contributed by atoms with Crippen molar-refractivity contribution in [2.45, 2.75) is 13.0 Å². The molecule has 5 nitrogen and oxygen atoms in total. The topological polar surface area (TPSA) is 71.5 Å². The maximum atomic E-state index is 13.0. The van der Waals surface area contributed by atoms with Gasteiger partial charge in [0, 0.05) is 30.8 Å². The van der Waals surface area contributed by atoms with Gasteiger partial charge < -0.3 is 20.4 Å². The molecule has 1 heterocycles. The number of nitrogens with zero attached hydrogens (tertiary/aromatic N) is 1. The molecule has 1 aromatic carbocycles. The van der Waals surface area contributed by atoms with Gasteiger partial charge in [0.2, 0.25) is 5.91 Å². The van der Waals surface area contributed by atoms with E-state index in [4.69, 9.17) is 10.2 Å². The summed E-state index contributed by atoms with van der Waals surface area (Å²) in [6.07, 6.45) is 3.64. The summed E-state index contributed by atoms with van der Waals surface area (Å²) < 4.78 is 18.0. The minimum atomic E-state index is -0.493. The lowest BCUT2D eigenvalue weighted by Gasteiger charge is -2.15. The Morgan fingerprint density at radius 2 is 2.24 bits per heavy atom. The average molecular weight is 291 g/mol. The standard InChI is InChI=1S/C15H18FN3O2/c1-19(9-11-5-7-21-10-11)6-4-15(20)18-12-2-3-13(16)14(17)8-12/h2-3,5,7-8,10H,4,6,9,17H2,1H3,(H,18,20). The second-order valence-electron chi connectivity index (χ2n) is 4.90. The lowest BCUT2D eigenvalue weighted by atomic mass is 10.2. The highest BCUT2D eigenvalue weighted by Gasteiger charge is 2.07. The van der Waals surface area contributed by atoms with Crippen LogP contribution < -0.4 is 11.1 Å². The molecule has 0 atom stereocenters. The van der Waals surface area contributed by atoms with Gasteiger partial charge in [0.25, 0.3) is 0 Å². The van der Waals surface area contributed by atoms with Crippen LogP contribution in [0.4, 0.5) is 15.8 Å². The van der Waals surface area contributed by atoms with Crippen molar-refractivity contribution in [1.82, 2.24) is 4.90 Å². The van der Waals surface area contributed by atoms with Gasteiger partial charge in [0.05, 0.1) is 18.2 Å². The number of nitrogen functional groups attached to an aromatic ring is 1. The molecule has 2 aromatic rings. The molecular formula is C15H18FN3O2. The Morgan fingerprint density at radius 1 is 1.43 bits per heavy atom. The van der Waals surface area contributed by atoms with Crippen molar-refractivity contribution in [2.24, 2.45) is 0 Å². The maximum Gasteiger partial charge on any atom is 0.225 e. The average Bonchev–Trinajstić information content (AvgIpc) is 2.93. The van der Waals surface area contributed by atoms with Gasteiger partial charge in [-0.1, -0.05) is 0 Å². The number of halogens is 1. The quantitative estimate of drug-likeness (QED) is 0.802. The highest BCUT2D eigenvalue weighted by molar-refractivity contribution is 5.91. The van der Waals surface area contributed by atoms with Crippen LogP contribution in [-0.2, 0) is 11.3 Å². The number of amides is 1. The first-order chi connectivity index (χ1) is 10.0. The molecule has 0 aliphatic rings.